The fourth-order valence-corrected chi connectivity index (χ4v) is 2.30. The Labute approximate surface area is 100 Å². The number of likely N-dealkylation sites (tertiary alicyclic amines) is 1. The Bertz CT molecular complexity index is 383. The monoisotopic (exact) mass is 235 g/mol. The van der Waals surface area contributed by atoms with Crippen LogP contribution < -0.4 is 0 Å². The van der Waals surface area contributed by atoms with Crippen LogP contribution in [0.4, 0.5) is 0 Å². The van der Waals surface area contributed by atoms with Crippen LogP contribution in [0, 0.1) is 5.92 Å². The summed E-state index contributed by atoms with van der Waals surface area (Å²) in [4.78, 5) is 21.3. The predicted octanol–water partition coefficient (Wildman–Crippen LogP) is 1.16. The molecule has 1 aliphatic rings. The minimum Gasteiger partial charge on any atom is -0.481 e. The third-order valence-corrected chi connectivity index (χ3v) is 3.37. The first-order valence-corrected chi connectivity index (χ1v) is 5.88. The average Bonchev–Trinajstić information content (AvgIpc) is 2.33. The van der Waals surface area contributed by atoms with Crippen LogP contribution in [0.1, 0.15) is 25.5 Å². The number of carboxylic acid groups (broad SMARTS) is 1. The molecule has 2 heterocycles. The Morgan fingerprint density at radius 3 is 3.06 bits per heavy atom. The molecule has 5 nitrogen and oxygen atoms in total. The number of hydrogen-bond acceptors (Lipinski definition) is 4. The molecule has 2 atom stereocenters. The molecule has 17 heavy (non-hydrogen) atoms. The molecule has 0 aromatic carbocycles. The van der Waals surface area contributed by atoms with Gasteiger partial charge in [0.05, 0.1) is 11.6 Å². The largest absolute Gasteiger partial charge is 0.481 e. The second-order valence-electron chi connectivity index (χ2n) is 4.58. The van der Waals surface area contributed by atoms with E-state index in [1.807, 2.05) is 6.07 Å². The molecule has 2 unspecified atom stereocenters. The van der Waals surface area contributed by atoms with Gasteiger partial charge in [0, 0.05) is 18.8 Å². The molecule has 0 radical (unpaired) electrons. The van der Waals surface area contributed by atoms with Crippen molar-refractivity contribution in [1.29, 1.82) is 0 Å². The van der Waals surface area contributed by atoms with Crippen molar-refractivity contribution in [2.24, 2.45) is 5.92 Å². The van der Waals surface area contributed by atoms with Gasteiger partial charge in [-0.1, -0.05) is 0 Å². The van der Waals surface area contributed by atoms with Gasteiger partial charge in [-0.05, 0) is 32.4 Å². The van der Waals surface area contributed by atoms with Crippen molar-refractivity contribution in [1.82, 2.24) is 14.9 Å². The zero-order valence-corrected chi connectivity index (χ0v) is 9.91. The van der Waals surface area contributed by atoms with Crippen molar-refractivity contribution in [3.05, 3.63) is 24.3 Å². The van der Waals surface area contributed by atoms with Gasteiger partial charge in [0.25, 0.3) is 0 Å². The van der Waals surface area contributed by atoms with Crippen LogP contribution in [0.5, 0.6) is 0 Å². The van der Waals surface area contributed by atoms with E-state index in [0.717, 1.165) is 31.6 Å². The van der Waals surface area contributed by atoms with Crippen molar-refractivity contribution < 1.29 is 9.90 Å². The van der Waals surface area contributed by atoms with Crippen LogP contribution in [-0.4, -0.2) is 38.5 Å². The molecule has 1 saturated heterocycles. The minimum absolute atomic E-state index is 0.188. The fourth-order valence-electron chi connectivity index (χ4n) is 2.30. The molecule has 1 aliphatic heterocycles. The Morgan fingerprint density at radius 1 is 1.65 bits per heavy atom. The van der Waals surface area contributed by atoms with Crippen LogP contribution in [0.3, 0.4) is 0 Å². The topological polar surface area (TPSA) is 66.3 Å². The van der Waals surface area contributed by atoms with Crippen molar-refractivity contribution in [3.63, 3.8) is 0 Å². The van der Waals surface area contributed by atoms with Gasteiger partial charge in [-0.3, -0.25) is 9.69 Å². The number of carbonyl (C=O) groups is 1. The van der Waals surface area contributed by atoms with E-state index < -0.39 is 5.97 Å². The lowest BCUT2D eigenvalue weighted by Crippen LogP contribution is -2.42. The quantitative estimate of drug-likeness (QED) is 0.851. The summed E-state index contributed by atoms with van der Waals surface area (Å²) in [5, 5.41) is 8.99. The Balaban J connectivity index is 1.94. The summed E-state index contributed by atoms with van der Waals surface area (Å²) in [7, 11) is 0. The lowest BCUT2D eigenvalue weighted by atomic mass is 9.91. The van der Waals surface area contributed by atoms with E-state index in [1.165, 1.54) is 0 Å². The summed E-state index contributed by atoms with van der Waals surface area (Å²) in [5.41, 5.74) is 0.987. The van der Waals surface area contributed by atoms with Crippen molar-refractivity contribution >= 4 is 5.97 Å². The molecule has 1 fully saturated rings. The SMILES string of the molecule is CC1CC(C(=O)O)CCN1Cc1ccncn1. The standard InChI is InChI=1S/C12H17N3O2/c1-9-6-10(12(16)17)3-5-15(9)7-11-2-4-13-8-14-11/h2,4,8-10H,3,5-7H2,1H3,(H,16,17). The van der Waals surface area contributed by atoms with E-state index in [4.69, 9.17) is 5.11 Å². The maximum atomic E-state index is 10.9. The maximum Gasteiger partial charge on any atom is 0.306 e. The highest BCUT2D eigenvalue weighted by molar-refractivity contribution is 5.70. The first-order chi connectivity index (χ1) is 8.16. The summed E-state index contributed by atoms with van der Waals surface area (Å²) < 4.78 is 0. The lowest BCUT2D eigenvalue weighted by Gasteiger charge is -2.35. The molecule has 0 saturated carbocycles. The van der Waals surface area contributed by atoms with Gasteiger partial charge in [0.1, 0.15) is 6.33 Å². The Hall–Kier alpha value is -1.49. The van der Waals surface area contributed by atoms with E-state index in [0.29, 0.717) is 6.04 Å². The number of aromatic nitrogens is 2. The smallest absolute Gasteiger partial charge is 0.306 e. The molecule has 1 aromatic heterocycles. The van der Waals surface area contributed by atoms with Gasteiger partial charge in [-0.2, -0.15) is 0 Å². The summed E-state index contributed by atoms with van der Waals surface area (Å²) in [5.74, 6) is -0.856. The number of nitrogens with zero attached hydrogens (tertiary/aromatic N) is 3. The highest BCUT2D eigenvalue weighted by Crippen LogP contribution is 2.23. The van der Waals surface area contributed by atoms with E-state index in [-0.39, 0.29) is 5.92 Å². The molecule has 92 valence electrons. The predicted molar refractivity (Wildman–Crippen MR) is 62.3 cm³/mol. The van der Waals surface area contributed by atoms with E-state index in [9.17, 15) is 4.79 Å². The number of aliphatic carboxylic acids is 1. The molecule has 0 amide bonds. The molecular formula is C12H17N3O2. The number of carboxylic acids is 1. The fraction of sp³-hybridized carbons (Fsp3) is 0.583. The zero-order chi connectivity index (χ0) is 12.3. The van der Waals surface area contributed by atoms with Gasteiger partial charge in [-0.25, -0.2) is 9.97 Å². The van der Waals surface area contributed by atoms with E-state index in [2.05, 4.69) is 21.8 Å². The molecule has 0 aliphatic carbocycles. The Kier molecular flexibility index (Phi) is 3.68. The zero-order valence-electron chi connectivity index (χ0n) is 9.91. The second-order valence-corrected chi connectivity index (χ2v) is 4.58. The number of rotatable bonds is 3. The van der Waals surface area contributed by atoms with Crippen LogP contribution in [0.2, 0.25) is 0 Å². The highest BCUT2D eigenvalue weighted by atomic mass is 16.4. The van der Waals surface area contributed by atoms with Gasteiger partial charge >= 0.3 is 5.97 Å². The first-order valence-electron chi connectivity index (χ1n) is 5.88. The van der Waals surface area contributed by atoms with Gasteiger partial charge in [0.15, 0.2) is 0 Å². The average molecular weight is 235 g/mol. The van der Waals surface area contributed by atoms with Gasteiger partial charge < -0.3 is 5.11 Å². The molecule has 1 aromatic rings. The van der Waals surface area contributed by atoms with Crippen LogP contribution in [0.15, 0.2) is 18.6 Å². The molecule has 0 spiro atoms. The molecule has 0 bridgehead atoms. The van der Waals surface area contributed by atoms with E-state index in [1.54, 1.807) is 12.5 Å². The van der Waals surface area contributed by atoms with Crippen LogP contribution in [0.25, 0.3) is 0 Å². The molecular weight excluding hydrogens is 218 g/mol. The summed E-state index contributed by atoms with van der Waals surface area (Å²) in [6.07, 6.45) is 4.73. The van der Waals surface area contributed by atoms with Gasteiger partial charge in [-0.15, -0.1) is 0 Å². The number of piperidine rings is 1. The maximum absolute atomic E-state index is 10.9. The summed E-state index contributed by atoms with van der Waals surface area (Å²) in [6.45, 7) is 3.68. The van der Waals surface area contributed by atoms with Crippen LogP contribution in [-0.2, 0) is 11.3 Å². The number of hydrogen-bond donors (Lipinski definition) is 1. The second kappa shape index (κ2) is 5.23. The molecule has 2 rings (SSSR count). The lowest BCUT2D eigenvalue weighted by molar-refractivity contribution is -0.144. The molecule has 1 N–H and O–H groups in total. The Morgan fingerprint density at radius 2 is 2.47 bits per heavy atom. The van der Waals surface area contributed by atoms with Crippen molar-refractivity contribution in [2.75, 3.05) is 6.54 Å². The van der Waals surface area contributed by atoms with Crippen LogP contribution >= 0.6 is 0 Å². The summed E-state index contributed by atoms with van der Waals surface area (Å²) in [6, 6.07) is 2.19. The third-order valence-electron chi connectivity index (χ3n) is 3.37. The summed E-state index contributed by atoms with van der Waals surface area (Å²) >= 11 is 0. The third kappa shape index (κ3) is 3.00. The molecule has 5 heteroatoms. The first kappa shape index (κ1) is 12.0. The normalized spacial score (nSPS) is 25.7. The van der Waals surface area contributed by atoms with Crippen molar-refractivity contribution in [3.8, 4) is 0 Å². The minimum atomic E-state index is -0.668. The highest BCUT2D eigenvalue weighted by Gasteiger charge is 2.29. The van der Waals surface area contributed by atoms with Crippen molar-refractivity contribution in [2.45, 2.75) is 32.4 Å². The van der Waals surface area contributed by atoms with E-state index >= 15 is 0 Å². The van der Waals surface area contributed by atoms with Gasteiger partial charge in [0.2, 0.25) is 0 Å².